The zero-order chi connectivity index (χ0) is 17.5. The number of anilines is 4. The number of hydrogen-bond acceptors (Lipinski definition) is 5. The molecule has 0 spiro atoms. The molecule has 0 atom stereocenters. The van der Waals surface area contributed by atoms with Gasteiger partial charge < -0.3 is 26.3 Å². The summed E-state index contributed by atoms with van der Waals surface area (Å²) in [4.78, 5) is 0. The summed E-state index contributed by atoms with van der Waals surface area (Å²) < 4.78 is 11.3. The molecule has 5 nitrogen and oxygen atoms in total. The van der Waals surface area contributed by atoms with Crippen molar-refractivity contribution in [1.29, 1.82) is 0 Å². The van der Waals surface area contributed by atoms with Crippen molar-refractivity contribution in [3.63, 3.8) is 0 Å². The first-order valence-electron chi connectivity index (χ1n) is 8.03. The predicted molar refractivity (Wildman–Crippen MR) is 102 cm³/mol. The topological polar surface area (TPSA) is 82.5 Å². The van der Waals surface area contributed by atoms with Crippen LogP contribution in [0, 0.1) is 0 Å². The Morgan fingerprint density at radius 3 is 2.00 bits per heavy atom. The monoisotopic (exact) mass is 335 g/mol. The van der Waals surface area contributed by atoms with E-state index in [4.69, 9.17) is 20.9 Å². The van der Waals surface area contributed by atoms with Crippen LogP contribution in [0.2, 0.25) is 0 Å². The lowest BCUT2D eigenvalue weighted by Gasteiger charge is -2.11. The van der Waals surface area contributed by atoms with E-state index >= 15 is 0 Å². The van der Waals surface area contributed by atoms with E-state index in [0.29, 0.717) is 24.6 Å². The van der Waals surface area contributed by atoms with Gasteiger partial charge in [0.25, 0.3) is 0 Å². The molecular weight excluding hydrogens is 314 g/mol. The third kappa shape index (κ3) is 4.81. The molecule has 0 aromatic heterocycles. The average molecular weight is 335 g/mol. The Kier molecular flexibility index (Phi) is 5.26. The molecule has 0 amide bonds. The van der Waals surface area contributed by atoms with Gasteiger partial charge in [0.05, 0.1) is 11.4 Å². The normalized spacial score (nSPS) is 10.2. The molecule has 0 aliphatic rings. The molecule has 0 fully saturated rings. The first-order chi connectivity index (χ1) is 12.2. The van der Waals surface area contributed by atoms with Gasteiger partial charge in [-0.15, -0.1) is 0 Å². The minimum Gasteiger partial charge on any atom is -0.490 e. The molecule has 0 unspecified atom stereocenters. The highest BCUT2D eigenvalue weighted by Crippen LogP contribution is 2.26. The van der Waals surface area contributed by atoms with E-state index in [1.807, 2.05) is 66.7 Å². The van der Waals surface area contributed by atoms with Gasteiger partial charge in [0, 0.05) is 11.4 Å². The van der Waals surface area contributed by atoms with Crippen molar-refractivity contribution in [2.75, 3.05) is 30.0 Å². The zero-order valence-corrected chi connectivity index (χ0v) is 13.8. The van der Waals surface area contributed by atoms with Gasteiger partial charge in [-0.2, -0.15) is 0 Å². The maximum absolute atomic E-state index is 5.95. The first kappa shape index (κ1) is 16.5. The largest absolute Gasteiger partial charge is 0.490 e. The molecule has 25 heavy (non-hydrogen) atoms. The minimum atomic E-state index is 0.479. The van der Waals surface area contributed by atoms with Crippen LogP contribution < -0.4 is 26.3 Å². The van der Waals surface area contributed by atoms with E-state index in [2.05, 4.69) is 5.32 Å². The van der Waals surface area contributed by atoms with Gasteiger partial charge in [0.1, 0.15) is 24.7 Å². The van der Waals surface area contributed by atoms with Crippen molar-refractivity contribution in [1.82, 2.24) is 0 Å². The van der Waals surface area contributed by atoms with E-state index in [-0.39, 0.29) is 0 Å². The number of rotatable bonds is 7. The molecule has 0 aliphatic carbocycles. The van der Waals surface area contributed by atoms with E-state index < -0.39 is 0 Å². The fourth-order valence-corrected chi connectivity index (χ4v) is 2.32. The van der Waals surface area contributed by atoms with Gasteiger partial charge in [-0.3, -0.25) is 0 Å². The van der Waals surface area contributed by atoms with Crippen LogP contribution in [0.15, 0.2) is 72.8 Å². The highest BCUT2D eigenvalue weighted by atomic mass is 16.5. The molecule has 5 heteroatoms. The van der Waals surface area contributed by atoms with Crippen LogP contribution in [0.5, 0.6) is 11.5 Å². The summed E-state index contributed by atoms with van der Waals surface area (Å²) >= 11 is 0. The summed E-state index contributed by atoms with van der Waals surface area (Å²) in [5.74, 6) is 1.62. The number of para-hydroxylation sites is 1. The van der Waals surface area contributed by atoms with E-state index in [9.17, 15) is 0 Å². The van der Waals surface area contributed by atoms with Crippen LogP contribution in [-0.4, -0.2) is 13.2 Å². The Labute approximate surface area is 147 Å². The summed E-state index contributed by atoms with van der Waals surface area (Å²) in [7, 11) is 0. The second-order valence-corrected chi connectivity index (χ2v) is 5.51. The third-order valence-electron chi connectivity index (χ3n) is 3.57. The molecule has 3 aromatic carbocycles. The number of hydrogen-bond donors (Lipinski definition) is 3. The molecule has 3 rings (SSSR count). The SMILES string of the molecule is Nc1ccc(Nc2ccc(OCCOc3ccccc3)cc2)c(N)c1. The lowest BCUT2D eigenvalue weighted by atomic mass is 10.2. The lowest BCUT2D eigenvalue weighted by molar-refractivity contribution is 0.217. The maximum Gasteiger partial charge on any atom is 0.122 e. The van der Waals surface area contributed by atoms with Crippen molar-refractivity contribution in [3.8, 4) is 11.5 Å². The minimum absolute atomic E-state index is 0.479. The Bertz CT molecular complexity index is 805. The van der Waals surface area contributed by atoms with Crippen LogP contribution in [0.1, 0.15) is 0 Å². The number of nitrogen functional groups attached to an aromatic ring is 2. The Morgan fingerprint density at radius 1 is 0.720 bits per heavy atom. The predicted octanol–water partition coefficient (Wildman–Crippen LogP) is 4.05. The van der Waals surface area contributed by atoms with E-state index in [1.54, 1.807) is 6.07 Å². The molecule has 5 N–H and O–H groups in total. The zero-order valence-electron chi connectivity index (χ0n) is 13.8. The Balaban J connectivity index is 1.48. The maximum atomic E-state index is 5.95. The van der Waals surface area contributed by atoms with Gasteiger partial charge >= 0.3 is 0 Å². The van der Waals surface area contributed by atoms with Crippen molar-refractivity contribution < 1.29 is 9.47 Å². The lowest BCUT2D eigenvalue weighted by Crippen LogP contribution is -2.08. The van der Waals surface area contributed by atoms with Gasteiger partial charge in [-0.25, -0.2) is 0 Å². The van der Waals surface area contributed by atoms with Gasteiger partial charge in [0.15, 0.2) is 0 Å². The number of ether oxygens (including phenoxy) is 2. The fourth-order valence-electron chi connectivity index (χ4n) is 2.32. The van der Waals surface area contributed by atoms with Gasteiger partial charge in [-0.1, -0.05) is 18.2 Å². The van der Waals surface area contributed by atoms with Crippen molar-refractivity contribution in [3.05, 3.63) is 72.8 Å². The number of benzene rings is 3. The molecular formula is C20H21N3O2. The van der Waals surface area contributed by atoms with E-state index in [0.717, 1.165) is 22.9 Å². The molecule has 0 saturated heterocycles. The molecule has 128 valence electrons. The van der Waals surface area contributed by atoms with Crippen LogP contribution in [-0.2, 0) is 0 Å². The van der Waals surface area contributed by atoms with Crippen LogP contribution >= 0.6 is 0 Å². The first-order valence-corrected chi connectivity index (χ1v) is 8.03. The summed E-state index contributed by atoms with van der Waals surface area (Å²) in [5.41, 5.74) is 14.6. The highest BCUT2D eigenvalue weighted by Gasteiger charge is 2.01. The smallest absolute Gasteiger partial charge is 0.122 e. The summed E-state index contributed by atoms with van der Waals surface area (Å²) in [5, 5.41) is 3.25. The third-order valence-corrected chi connectivity index (χ3v) is 3.57. The van der Waals surface area contributed by atoms with Crippen LogP contribution in [0.3, 0.4) is 0 Å². The molecule has 0 heterocycles. The molecule has 0 aliphatic heterocycles. The van der Waals surface area contributed by atoms with Crippen molar-refractivity contribution >= 4 is 22.7 Å². The van der Waals surface area contributed by atoms with Gasteiger partial charge in [-0.05, 0) is 54.6 Å². The molecule has 0 radical (unpaired) electrons. The van der Waals surface area contributed by atoms with Crippen LogP contribution in [0.4, 0.5) is 22.7 Å². The standard InChI is InChI=1S/C20H21N3O2/c21-15-6-11-20(19(22)14-15)23-16-7-9-18(10-8-16)25-13-12-24-17-4-2-1-3-5-17/h1-11,14,23H,12-13,21-22H2. The second kappa shape index (κ2) is 7.97. The quantitative estimate of drug-likeness (QED) is 0.448. The summed E-state index contributed by atoms with van der Waals surface area (Å²) in [6, 6.07) is 22.7. The van der Waals surface area contributed by atoms with Crippen molar-refractivity contribution in [2.45, 2.75) is 0 Å². The van der Waals surface area contributed by atoms with Crippen molar-refractivity contribution in [2.24, 2.45) is 0 Å². The molecule has 0 bridgehead atoms. The second-order valence-electron chi connectivity index (χ2n) is 5.51. The fraction of sp³-hybridized carbons (Fsp3) is 0.100. The molecule has 3 aromatic rings. The number of nitrogens with two attached hydrogens (primary N) is 2. The van der Waals surface area contributed by atoms with Gasteiger partial charge in [0.2, 0.25) is 0 Å². The molecule has 0 saturated carbocycles. The highest BCUT2D eigenvalue weighted by molar-refractivity contribution is 5.75. The summed E-state index contributed by atoms with van der Waals surface area (Å²) in [6.45, 7) is 0.971. The Hall–Kier alpha value is -3.34. The van der Waals surface area contributed by atoms with E-state index in [1.165, 1.54) is 0 Å². The summed E-state index contributed by atoms with van der Waals surface area (Å²) in [6.07, 6.45) is 0. The van der Waals surface area contributed by atoms with Crippen LogP contribution in [0.25, 0.3) is 0 Å². The Morgan fingerprint density at radius 2 is 1.36 bits per heavy atom. The number of nitrogens with one attached hydrogen (secondary N) is 1. The average Bonchev–Trinajstić information content (AvgIpc) is 2.63.